The Kier molecular flexibility index (Phi) is 4.79. The van der Waals surface area contributed by atoms with Crippen LogP contribution in [0.4, 0.5) is 18.9 Å². The number of esters is 1. The summed E-state index contributed by atoms with van der Waals surface area (Å²) in [5.74, 6) is -0.724. The number of fused-ring (bicyclic) bond motifs is 1. The molecule has 1 fully saturated rings. The minimum Gasteiger partial charge on any atom is -0.464 e. The van der Waals surface area contributed by atoms with Crippen LogP contribution in [0, 0.1) is 0 Å². The zero-order valence-electron chi connectivity index (χ0n) is 13.6. The van der Waals surface area contributed by atoms with E-state index in [4.69, 9.17) is 16.3 Å². The highest BCUT2D eigenvalue weighted by Crippen LogP contribution is 2.38. The number of halogens is 4. The Morgan fingerprint density at radius 2 is 2.12 bits per heavy atom. The Labute approximate surface area is 151 Å². The normalized spacial score (nSPS) is 17.8. The van der Waals surface area contributed by atoms with Crippen LogP contribution < -0.4 is 4.90 Å². The van der Waals surface area contributed by atoms with E-state index in [1.54, 1.807) is 0 Å². The summed E-state index contributed by atoms with van der Waals surface area (Å²) in [4.78, 5) is 28.5. The van der Waals surface area contributed by atoms with Crippen LogP contribution in [-0.4, -0.2) is 29.5 Å². The highest BCUT2D eigenvalue weighted by Gasteiger charge is 2.36. The van der Waals surface area contributed by atoms with Gasteiger partial charge in [-0.25, -0.2) is 4.98 Å². The molecule has 1 aliphatic rings. The SMILES string of the molecule is CC(=O)OC[C@H]1CCC(=O)N1c1ccc2nc(Cl)cc(C(F)(F)F)c2c1. The number of carbonyl (C=O) groups is 2. The van der Waals surface area contributed by atoms with E-state index in [1.165, 1.54) is 30.0 Å². The average molecular weight is 387 g/mol. The van der Waals surface area contributed by atoms with E-state index in [0.717, 1.165) is 6.07 Å². The zero-order chi connectivity index (χ0) is 19.1. The van der Waals surface area contributed by atoms with Gasteiger partial charge in [-0.3, -0.25) is 9.59 Å². The molecule has 0 unspecified atom stereocenters. The lowest BCUT2D eigenvalue weighted by molar-refractivity contribution is -0.141. The van der Waals surface area contributed by atoms with Gasteiger partial charge in [-0.2, -0.15) is 13.2 Å². The molecule has 1 aromatic carbocycles. The summed E-state index contributed by atoms with van der Waals surface area (Å²) in [6, 6.07) is 4.51. The van der Waals surface area contributed by atoms with Gasteiger partial charge >= 0.3 is 12.1 Å². The van der Waals surface area contributed by atoms with Crippen LogP contribution in [0.25, 0.3) is 10.9 Å². The highest BCUT2D eigenvalue weighted by molar-refractivity contribution is 6.30. The Bertz CT molecular complexity index is 885. The first kappa shape index (κ1) is 18.4. The van der Waals surface area contributed by atoms with Crippen molar-refractivity contribution in [3.05, 3.63) is 35.0 Å². The number of hydrogen-bond donors (Lipinski definition) is 0. The predicted molar refractivity (Wildman–Crippen MR) is 88.9 cm³/mol. The second-order valence-corrected chi connectivity index (χ2v) is 6.34. The Hall–Kier alpha value is -2.35. The topological polar surface area (TPSA) is 59.5 Å². The number of rotatable bonds is 3. The standard InChI is InChI=1S/C17H14ClF3N2O3/c1-9(24)26-8-11-3-5-16(25)23(11)10-2-4-14-12(6-10)13(17(19,20)21)7-15(18)22-14/h2,4,6-7,11H,3,5,8H2,1H3/t11-/m1/s1. The molecule has 1 amide bonds. The molecular weight excluding hydrogens is 373 g/mol. The number of hydrogen-bond acceptors (Lipinski definition) is 4. The molecule has 0 aliphatic carbocycles. The second kappa shape index (κ2) is 6.75. The van der Waals surface area contributed by atoms with Gasteiger partial charge in [0.25, 0.3) is 0 Å². The molecule has 26 heavy (non-hydrogen) atoms. The fraction of sp³-hybridized carbons (Fsp3) is 0.353. The molecule has 1 saturated heterocycles. The van der Waals surface area contributed by atoms with Crippen molar-refractivity contribution in [3.8, 4) is 0 Å². The summed E-state index contributed by atoms with van der Waals surface area (Å²) in [7, 11) is 0. The molecule has 5 nitrogen and oxygen atoms in total. The lowest BCUT2D eigenvalue weighted by atomic mass is 10.1. The molecule has 1 atom stereocenters. The van der Waals surface area contributed by atoms with Crippen LogP contribution in [0.5, 0.6) is 0 Å². The first-order chi connectivity index (χ1) is 12.2. The maximum absolute atomic E-state index is 13.3. The highest BCUT2D eigenvalue weighted by atomic mass is 35.5. The fourth-order valence-electron chi connectivity index (χ4n) is 3.04. The molecule has 0 spiro atoms. The van der Waals surface area contributed by atoms with Crippen LogP contribution in [0.15, 0.2) is 24.3 Å². The van der Waals surface area contributed by atoms with Gasteiger partial charge < -0.3 is 9.64 Å². The van der Waals surface area contributed by atoms with Crippen molar-refractivity contribution in [2.45, 2.75) is 32.0 Å². The van der Waals surface area contributed by atoms with Gasteiger partial charge in [-0.1, -0.05) is 11.6 Å². The molecule has 3 rings (SSSR count). The fourth-order valence-corrected chi connectivity index (χ4v) is 3.24. The molecule has 0 radical (unpaired) electrons. The third kappa shape index (κ3) is 3.60. The van der Waals surface area contributed by atoms with E-state index in [1.807, 2.05) is 0 Å². The van der Waals surface area contributed by atoms with Crippen molar-refractivity contribution < 1.29 is 27.5 Å². The number of nitrogens with zero attached hydrogens (tertiary/aromatic N) is 2. The van der Waals surface area contributed by atoms with Crippen molar-refractivity contribution in [2.75, 3.05) is 11.5 Å². The van der Waals surface area contributed by atoms with Gasteiger partial charge in [0, 0.05) is 24.4 Å². The predicted octanol–water partition coefficient (Wildman–Crippen LogP) is 3.97. The Morgan fingerprint density at radius 3 is 2.77 bits per heavy atom. The number of carbonyl (C=O) groups excluding carboxylic acids is 2. The summed E-state index contributed by atoms with van der Waals surface area (Å²) >= 11 is 5.69. The van der Waals surface area contributed by atoms with Crippen LogP contribution >= 0.6 is 11.6 Å². The number of anilines is 1. The quantitative estimate of drug-likeness (QED) is 0.591. The number of pyridine rings is 1. The first-order valence-corrected chi connectivity index (χ1v) is 8.17. The molecule has 0 N–H and O–H groups in total. The van der Waals surface area contributed by atoms with E-state index in [2.05, 4.69) is 4.98 Å². The maximum atomic E-state index is 13.3. The summed E-state index contributed by atoms with van der Waals surface area (Å²) < 4.78 is 45.0. The molecule has 2 heterocycles. The third-order valence-electron chi connectivity index (χ3n) is 4.15. The molecule has 0 saturated carbocycles. The van der Waals surface area contributed by atoms with Gasteiger partial charge in [-0.05, 0) is 30.7 Å². The Morgan fingerprint density at radius 1 is 1.38 bits per heavy atom. The van der Waals surface area contributed by atoms with Gasteiger partial charge in [0.1, 0.15) is 11.8 Å². The number of benzene rings is 1. The lowest BCUT2D eigenvalue weighted by Gasteiger charge is -2.25. The molecular formula is C17H14ClF3N2O3. The lowest BCUT2D eigenvalue weighted by Crippen LogP contribution is -2.36. The van der Waals surface area contributed by atoms with Crippen LogP contribution in [0.1, 0.15) is 25.3 Å². The zero-order valence-corrected chi connectivity index (χ0v) is 14.4. The molecule has 1 aliphatic heterocycles. The van der Waals surface area contributed by atoms with Crippen molar-refractivity contribution >= 4 is 40.1 Å². The molecule has 9 heteroatoms. The summed E-state index contributed by atoms with van der Waals surface area (Å²) in [6.45, 7) is 1.24. The van der Waals surface area contributed by atoms with Gasteiger partial charge in [0.15, 0.2) is 0 Å². The minimum atomic E-state index is -4.62. The second-order valence-electron chi connectivity index (χ2n) is 5.95. The van der Waals surface area contributed by atoms with Crippen LogP contribution in [0.3, 0.4) is 0 Å². The van der Waals surface area contributed by atoms with Gasteiger partial charge in [0.2, 0.25) is 5.91 Å². The molecule has 0 bridgehead atoms. The Balaban J connectivity index is 2.06. The van der Waals surface area contributed by atoms with Crippen LogP contribution in [-0.2, 0) is 20.5 Å². The van der Waals surface area contributed by atoms with E-state index in [-0.39, 0.29) is 35.0 Å². The first-order valence-electron chi connectivity index (χ1n) is 7.80. The van der Waals surface area contributed by atoms with Gasteiger partial charge in [0.05, 0.1) is 17.1 Å². The average Bonchev–Trinajstić information content (AvgIpc) is 2.91. The van der Waals surface area contributed by atoms with E-state index in [0.29, 0.717) is 12.1 Å². The third-order valence-corrected chi connectivity index (χ3v) is 4.34. The molecule has 138 valence electrons. The van der Waals surface area contributed by atoms with E-state index >= 15 is 0 Å². The van der Waals surface area contributed by atoms with Crippen LogP contribution in [0.2, 0.25) is 5.15 Å². The number of aromatic nitrogens is 1. The minimum absolute atomic E-state index is 0.00982. The van der Waals surface area contributed by atoms with Crippen molar-refractivity contribution in [1.82, 2.24) is 4.98 Å². The summed E-state index contributed by atoms with van der Waals surface area (Å²) in [6.07, 6.45) is -3.93. The number of ether oxygens (including phenoxy) is 1. The summed E-state index contributed by atoms with van der Waals surface area (Å²) in [5, 5.41) is -0.409. The summed E-state index contributed by atoms with van der Waals surface area (Å²) in [5.41, 5.74) is -0.541. The number of alkyl halides is 3. The molecule has 2 aromatic rings. The van der Waals surface area contributed by atoms with Crippen molar-refractivity contribution in [1.29, 1.82) is 0 Å². The largest absolute Gasteiger partial charge is 0.464 e. The molecule has 1 aromatic heterocycles. The van der Waals surface area contributed by atoms with E-state index in [9.17, 15) is 22.8 Å². The maximum Gasteiger partial charge on any atom is 0.417 e. The van der Waals surface area contributed by atoms with Crippen molar-refractivity contribution in [2.24, 2.45) is 0 Å². The van der Waals surface area contributed by atoms with Gasteiger partial charge in [-0.15, -0.1) is 0 Å². The number of amides is 1. The van der Waals surface area contributed by atoms with Crippen molar-refractivity contribution in [3.63, 3.8) is 0 Å². The smallest absolute Gasteiger partial charge is 0.417 e. The monoisotopic (exact) mass is 386 g/mol. The van der Waals surface area contributed by atoms with E-state index < -0.39 is 23.8 Å².